The van der Waals surface area contributed by atoms with Gasteiger partial charge in [-0.3, -0.25) is 0 Å². The van der Waals surface area contributed by atoms with Crippen LogP contribution in [-0.4, -0.2) is 29.3 Å². The van der Waals surface area contributed by atoms with E-state index in [2.05, 4.69) is 9.97 Å². The van der Waals surface area contributed by atoms with Gasteiger partial charge in [-0.2, -0.15) is 4.98 Å². The fourth-order valence-corrected chi connectivity index (χ4v) is 2.09. The van der Waals surface area contributed by atoms with Crippen LogP contribution in [0.5, 0.6) is 5.88 Å². The minimum absolute atomic E-state index is 0.236. The van der Waals surface area contributed by atoms with Crippen molar-refractivity contribution in [1.82, 2.24) is 9.97 Å². The Morgan fingerprint density at radius 2 is 1.95 bits per heavy atom. The second-order valence-electron chi connectivity index (χ2n) is 4.25. The van der Waals surface area contributed by atoms with Crippen molar-refractivity contribution in [2.75, 3.05) is 13.4 Å². The predicted octanol–water partition coefficient (Wildman–Crippen LogP) is 2.87. The Bertz CT molecular complexity index is 632. The van der Waals surface area contributed by atoms with Gasteiger partial charge in [-0.1, -0.05) is 42.1 Å². The SMILES string of the molecule is COC(=O)c1nc(SC)nc(OCc2ccccc2)c1C. The van der Waals surface area contributed by atoms with Crippen molar-refractivity contribution in [3.63, 3.8) is 0 Å². The van der Waals surface area contributed by atoms with Crippen LogP contribution < -0.4 is 4.74 Å². The highest BCUT2D eigenvalue weighted by molar-refractivity contribution is 7.98. The molecule has 0 saturated heterocycles. The van der Waals surface area contributed by atoms with Crippen molar-refractivity contribution in [2.24, 2.45) is 0 Å². The summed E-state index contributed by atoms with van der Waals surface area (Å²) in [5, 5.41) is 0.476. The molecule has 0 aliphatic carbocycles. The summed E-state index contributed by atoms with van der Waals surface area (Å²) in [5.74, 6) is -0.0895. The standard InChI is InChI=1S/C15H16N2O3S/c1-10-12(14(18)19-2)16-15(21-3)17-13(10)20-9-11-7-5-4-6-8-11/h4-8H,9H2,1-3H3. The Hall–Kier alpha value is -2.08. The van der Waals surface area contributed by atoms with E-state index in [1.807, 2.05) is 36.6 Å². The van der Waals surface area contributed by atoms with Crippen molar-refractivity contribution in [1.29, 1.82) is 0 Å². The fraction of sp³-hybridized carbons (Fsp3) is 0.267. The third-order valence-electron chi connectivity index (χ3n) is 2.86. The first-order valence-electron chi connectivity index (χ1n) is 6.33. The molecule has 0 fully saturated rings. The van der Waals surface area contributed by atoms with Crippen LogP contribution in [0.1, 0.15) is 21.6 Å². The average molecular weight is 304 g/mol. The van der Waals surface area contributed by atoms with Gasteiger partial charge in [-0.05, 0) is 18.7 Å². The van der Waals surface area contributed by atoms with Crippen LogP contribution in [0, 0.1) is 6.92 Å². The van der Waals surface area contributed by atoms with Crippen LogP contribution in [0.25, 0.3) is 0 Å². The van der Waals surface area contributed by atoms with E-state index in [-0.39, 0.29) is 5.69 Å². The normalized spacial score (nSPS) is 10.2. The molecule has 21 heavy (non-hydrogen) atoms. The molecular formula is C15H16N2O3S. The minimum atomic E-state index is -0.491. The molecule has 110 valence electrons. The number of thioether (sulfide) groups is 1. The zero-order valence-electron chi connectivity index (χ0n) is 12.1. The van der Waals surface area contributed by atoms with Crippen molar-refractivity contribution in [3.05, 3.63) is 47.2 Å². The van der Waals surface area contributed by atoms with Gasteiger partial charge in [0.15, 0.2) is 10.9 Å². The third kappa shape index (κ3) is 3.72. The van der Waals surface area contributed by atoms with E-state index in [0.717, 1.165) is 5.56 Å². The second-order valence-corrected chi connectivity index (χ2v) is 5.03. The van der Waals surface area contributed by atoms with Crippen molar-refractivity contribution < 1.29 is 14.3 Å². The van der Waals surface area contributed by atoms with Gasteiger partial charge in [0.2, 0.25) is 5.88 Å². The monoisotopic (exact) mass is 304 g/mol. The quantitative estimate of drug-likeness (QED) is 0.481. The Balaban J connectivity index is 2.27. The molecule has 0 amide bonds. The van der Waals surface area contributed by atoms with Crippen molar-refractivity contribution in [2.45, 2.75) is 18.7 Å². The second kappa shape index (κ2) is 7.08. The first kappa shape index (κ1) is 15.3. The summed E-state index contributed by atoms with van der Waals surface area (Å²) in [7, 11) is 1.33. The van der Waals surface area contributed by atoms with Gasteiger partial charge in [-0.25, -0.2) is 9.78 Å². The molecule has 6 heteroatoms. The lowest BCUT2D eigenvalue weighted by atomic mass is 10.2. The Morgan fingerprint density at radius 1 is 1.24 bits per heavy atom. The van der Waals surface area contributed by atoms with E-state index in [0.29, 0.717) is 23.2 Å². The van der Waals surface area contributed by atoms with Gasteiger partial charge >= 0.3 is 5.97 Å². The van der Waals surface area contributed by atoms with Crippen LogP contribution >= 0.6 is 11.8 Å². The molecular weight excluding hydrogens is 288 g/mol. The predicted molar refractivity (Wildman–Crippen MR) is 80.7 cm³/mol. The van der Waals surface area contributed by atoms with Gasteiger partial charge in [0.25, 0.3) is 0 Å². The van der Waals surface area contributed by atoms with Gasteiger partial charge in [0, 0.05) is 5.56 Å². The minimum Gasteiger partial charge on any atom is -0.472 e. The molecule has 1 heterocycles. The smallest absolute Gasteiger partial charge is 0.357 e. The topological polar surface area (TPSA) is 61.3 Å². The third-order valence-corrected chi connectivity index (χ3v) is 3.41. The highest BCUT2D eigenvalue weighted by atomic mass is 32.2. The average Bonchev–Trinajstić information content (AvgIpc) is 2.54. The molecule has 0 saturated carbocycles. The highest BCUT2D eigenvalue weighted by Gasteiger charge is 2.18. The number of methoxy groups -OCH3 is 1. The molecule has 0 spiro atoms. The summed E-state index contributed by atoms with van der Waals surface area (Å²) in [4.78, 5) is 20.2. The Labute approximate surface area is 127 Å². The Kier molecular flexibility index (Phi) is 5.16. The Morgan fingerprint density at radius 3 is 2.57 bits per heavy atom. The molecule has 1 aromatic carbocycles. The van der Waals surface area contributed by atoms with Gasteiger partial charge in [0.1, 0.15) is 6.61 Å². The maximum Gasteiger partial charge on any atom is 0.357 e. The fourth-order valence-electron chi connectivity index (χ4n) is 1.73. The molecule has 2 aromatic rings. The molecule has 2 rings (SSSR count). The van der Waals surface area contributed by atoms with E-state index >= 15 is 0 Å². The number of rotatable bonds is 5. The largest absolute Gasteiger partial charge is 0.472 e. The maximum atomic E-state index is 11.8. The zero-order chi connectivity index (χ0) is 15.2. The number of carbonyl (C=O) groups excluding carboxylic acids is 1. The lowest BCUT2D eigenvalue weighted by Crippen LogP contribution is -2.11. The first-order chi connectivity index (χ1) is 10.2. The number of hydrogen-bond acceptors (Lipinski definition) is 6. The summed E-state index contributed by atoms with van der Waals surface area (Å²) < 4.78 is 10.5. The number of hydrogen-bond donors (Lipinski definition) is 0. The highest BCUT2D eigenvalue weighted by Crippen LogP contribution is 2.23. The number of aromatic nitrogens is 2. The van der Waals surface area contributed by atoms with Crippen LogP contribution in [0.4, 0.5) is 0 Å². The summed E-state index contributed by atoms with van der Waals surface area (Å²) >= 11 is 1.35. The van der Waals surface area contributed by atoms with Gasteiger partial charge in [0.05, 0.1) is 7.11 Å². The molecule has 5 nitrogen and oxygen atoms in total. The van der Waals surface area contributed by atoms with Crippen LogP contribution in [0.3, 0.4) is 0 Å². The van der Waals surface area contributed by atoms with E-state index in [4.69, 9.17) is 9.47 Å². The maximum absolute atomic E-state index is 11.8. The summed E-state index contributed by atoms with van der Waals surface area (Å²) in [5.41, 5.74) is 1.84. The number of esters is 1. The molecule has 0 N–H and O–H groups in total. The van der Waals surface area contributed by atoms with E-state index in [1.54, 1.807) is 6.92 Å². The van der Waals surface area contributed by atoms with Crippen LogP contribution in [0.2, 0.25) is 0 Å². The molecule has 0 aliphatic heterocycles. The summed E-state index contributed by atoms with van der Waals surface area (Å²) in [6, 6.07) is 9.76. The molecule has 1 aromatic heterocycles. The van der Waals surface area contributed by atoms with Crippen molar-refractivity contribution in [3.8, 4) is 5.88 Å². The summed E-state index contributed by atoms with van der Waals surface area (Å²) in [6.45, 7) is 2.13. The van der Waals surface area contributed by atoms with Gasteiger partial charge in [-0.15, -0.1) is 0 Å². The van der Waals surface area contributed by atoms with Crippen LogP contribution in [-0.2, 0) is 11.3 Å². The number of ether oxygens (including phenoxy) is 2. The molecule has 0 bridgehead atoms. The number of benzene rings is 1. The number of nitrogens with zero attached hydrogens (tertiary/aromatic N) is 2. The van der Waals surface area contributed by atoms with E-state index in [1.165, 1.54) is 18.9 Å². The molecule has 0 radical (unpaired) electrons. The molecule has 0 unspecified atom stereocenters. The first-order valence-corrected chi connectivity index (χ1v) is 7.56. The van der Waals surface area contributed by atoms with Crippen LogP contribution in [0.15, 0.2) is 35.5 Å². The molecule has 0 aliphatic rings. The van der Waals surface area contributed by atoms with E-state index in [9.17, 15) is 4.79 Å². The number of carbonyl (C=O) groups is 1. The van der Waals surface area contributed by atoms with Gasteiger partial charge < -0.3 is 9.47 Å². The lowest BCUT2D eigenvalue weighted by Gasteiger charge is -2.11. The van der Waals surface area contributed by atoms with Crippen molar-refractivity contribution >= 4 is 17.7 Å². The van der Waals surface area contributed by atoms with E-state index < -0.39 is 5.97 Å². The zero-order valence-corrected chi connectivity index (χ0v) is 12.9. The molecule has 0 atom stereocenters. The lowest BCUT2D eigenvalue weighted by molar-refractivity contribution is 0.0590. The summed E-state index contributed by atoms with van der Waals surface area (Å²) in [6.07, 6.45) is 1.84.